The second-order valence-electron chi connectivity index (χ2n) is 6.59. The molecule has 5 nitrogen and oxygen atoms in total. The summed E-state index contributed by atoms with van der Waals surface area (Å²) in [5, 5.41) is 3.38. The molecule has 1 N–H and O–H groups in total. The van der Waals surface area contributed by atoms with E-state index in [2.05, 4.69) is 36.3 Å². The van der Waals surface area contributed by atoms with Gasteiger partial charge in [0.15, 0.2) is 5.96 Å². The molecule has 24 heavy (non-hydrogen) atoms. The Morgan fingerprint density at radius 3 is 2.96 bits per heavy atom. The highest BCUT2D eigenvalue weighted by molar-refractivity contribution is 5.79. The molecule has 1 aromatic rings. The number of hydrogen-bond donors (Lipinski definition) is 1. The first kappa shape index (κ1) is 18.6. The van der Waals surface area contributed by atoms with Crippen LogP contribution >= 0.6 is 0 Å². The molecule has 0 aromatic heterocycles. The quantitative estimate of drug-likeness (QED) is 0.616. The van der Waals surface area contributed by atoms with Crippen molar-refractivity contribution in [1.82, 2.24) is 10.2 Å². The van der Waals surface area contributed by atoms with Gasteiger partial charge in [-0.2, -0.15) is 0 Å². The predicted octanol–water partition coefficient (Wildman–Crippen LogP) is 2.91. The molecule has 1 atom stereocenters. The lowest BCUT2D eigenvalue weighted by Crippen LogP contribution is -2.41. The minimum atomic E-state index is 0.181. The molecule has 0 spiro atoms. The monoisotopic (exact) mass is 333 g/mol. The summed E-state index contributed by atoms with van der Waals surface area (Å²) >= 11 is 0. The summed E-state index contributed by atoms with van der Waals surface area (Å²) < 4.78 is 11.2. The molecule has 1 aromatic carbocycles. The molecule has 0 bridgehead atoms. The number of benzene rings is 1. The average Bonchev–Trinajstić information content (AvgIpc) is 3.04. The number of hydrogen-bond acceptors (Lipinski definition) is 3. The molecule has 0 aliphatic carbocycles. The molecule has 1 saturated heterocycles. The van der Waals surface area contributed by atoms with Gasteiger partial charge >= 0.3 is 0 Å². The lowest BCUT2D eigenvalue weighted by Gasteiger charge is -2.24. The van der Waals surface area contributed by atoms with Crippen LogP contribution in [0.5, 0.6) is 5.75 Å². The molecule has 1 aliphatic rings. The van der Waals surface area contributed by atoms with E-state index in [-0.39, 0.29) is 6.10 Å². The van der Waals surface area contributed by atoms with Crippen LogP contribution in [0.25, 0.3) is 0 Å². The molecule has 5 heteroatoms. The zero-order chi connectivity index (χ0) is 17.4. The highest BCUT2D eigenvalue weighted by Crippen LogP contribution is 2.16. The first-order valence-electron chi connectivity index (χ1n) is 8.91. The second kappa shape index (κ2) is 9.52. The SMILES string of the molecule is CCNC(=NCc1cccc(OC(C)C)c1)N(C)CC1CCOC1. The van der Waals surface area contributed by atoms with E-state index in [0.717, 1.165) is 50.0 Å². The van der Waals surface area contributed by atoms with Crippen LogP contribution in [-0.4, -0.2) is 50.3 Å². The van der Waals surface area contributed by atoms with Gasteiger partial charge in [-0.25, -0.2) is 4.99 Å². The Bertz CT molecular complexity index is 525. The largest absolute Gasteiger partial charge is 0.491 e. The molecular weight excluding hydrogens is 302 g/mol. The predicted molar refractivity (Wildman–Crippen MR) is 98.6 cm³/mol. The summed E-state index contributed by atoms with van der Waals surface area (Å²) in [7, 11) is 2.10. The van der Waals surface area contributed by atoms with Crippen LogP contribution in [0.3, 0.4) is 0 Å². The molecule has 0 amide bonds. The summed E-state index contributed by atoms with van der Waals surface area (Å²) in [4.78, 5) is 6.99. The van der Waals surface area contributed by atoms with Crippen LogP contribution in [-0.2, 0) is 11.3 Å². The van der Waals surface area contributed by atoms with Crippen LogP contribution in [0.2, 0.25) is 0 Å². The van der Waals surface area contributed by atoms with E-state index < -0.39 is 0 Å². The Morgan fingerprint density at radius 1 is 1.46 bits per heavy atom. The fourth-order valence-corrected chi connectivity index (χ4v) is 2.83. The first-order valence-corrected chi connectivity index (χ1v) is 8.91. The zero-order valence-electron chi connectivity index (χ0n) is 15.4. The second-order valence-corrected chi connectivity index (χ2v) is 6.59. The third-order valence-electron chi connectivity index (χ3n) is 3.93. The van der Waals surface area contributed by atoms with E-state index in [9.17, 15) is 0 Å². The van der Waals surface area contributed by atoms with Crippen LogP contribution in [0.1, 0.15) is 32.8 Å². The van der Waals surface area contributed by atoms with Gasteiger partial charge in [0.1, 0.15) is 5.75 Å². The number of nitrogens with one attached hydrogen (secondary N) is 1. The molecule has 134 valence electrons. The van der Waals surface area contributed by atoms with E-state index in [4.69, 9.17) is 14.5 Å². The summed E-state index contributed by atoms with van der Waals surface area (Å²) in [6.07, 6.45) is 1.32. The van der Waals surface area contributed by atoms with Gasteiger partial charge in [-0.3, -0.25) is 0 Å². The van der Waals surface area contributed by atoms with Gasteiger partial charge in [0.05, 0.1) is 19.3 Å². The Labute approximate surface area is 146 Å². The fraction of sp³-hybridized carbons (Fsp3) is 0.632. The maximum absolute atomic E-state index is 5.76. The highest BCUT2D eigenvalue weighted by atomic mass is 16.5. The highest BCUT2D eigenvalue weighted by Gasteiger charge is 2.19. The number of nitrogens with zero attached hydrogens (tertiary/aromatic N) is 2. The number of guanidine groups is 1. The van der Waals surface area contributed by atoms with Crippen molar-refractivity contribution in [3.05, 3.63) is 29.8 Å². The van der Waals surface area contributed by atoms with Crippen LogP contribution in [0.15, 0.2) is 29.3 Å². The summed E-state index contributed by atoms with van der Waals surface area (Å²) in [6.45, 7) is 10.4. The molecule has 1 aliphatic heterocycles. The lowest BCUT2D eigenvalue weighted by molar-refractivity contribution is 0.181. The fourth-order valence-electron chi connectivity index (χ4n) is 2.83. The van der Waals surface area contributed by atoms with Crippen LogP contribution in [0, 0.1) is 5.92 Å². The topological polar surface area (TPSA) is 46.1 Å². The maximum atomic E-state index is 5.76. The van der Waals surface area contributed by atoms with Gasteiger partial charge in [-0.15, -0.1) is 0 Å². The molecule has 1 fully saturated rings. The standard InChI is InChI=1S/C19H31N3O2/c1-5-20-19(22(4)13-17-9-10-23-14-17)21-12-16-7-6-8-18(11-16)24-15(2)3/h6-8,11,15,17H,5,9-10,12-14H2,1-4H3,(H,20,21). The summed E-state index contributed by atoms with van der Waals surface area (Å²) in [5.41, 5.74) is 1.15. The van der Waals surface area contributed by atoms with Crippen molar-refractivity contribution >= 4 is 5.96 Å². The third-order valence-corrected chi connectivity index (χ3v) is 3.93. The van der Waals surface area contributed by atoms with Crippen molar-refractivity contribution in [1.29, 1.82) is 0 Å². The smallest absolute Gasteiger partial charge is 0.193 e. The molecule has 1 heterocycles. The number of aliphatic imine (C=N–C) groups is 1. The van der Waals surface area contributed by atoms with Crippen molar-refractivity contribution in [3.63, 3.8) is 0 Å². The van der Waals surface area contributed by atoms with Crippen molar-refractivity contribution < 1.29 is 9.47 Å². The van der Waals surface area contributed by atoms with Crippen molar-refractivity contribution in [3.8, 4) is 5.75 Å². The Hall–Kier alpha value is -1.75. The van der Waals surface area contributed by atoms with Crippen LogP contribution < -0.4 is 10.1 Å². The lowest BCUT2D eigenvalue weighted by atomic mass is 10.1. The van der Waals surface area contributed by atoms with E-state index >= 15 is 0 Å². The Morgan fingerprint density at radius 2 is 2.29 bits per heavy atom. The maximum Gasteiger partial charge on any atom is 0.193 e. The van der Waals surface area contributed by atoms with Gasteiger partial charge in [0.2, 0.25) is 0 Å². The molecule has 2 rings (SSSR count). The van der Waals surface area contributed by atoms with Crippen molar-refractivity contribution in [2.45, 2.75) is 39.8 Å². The van der Waals surface area contributed by atoms with E-state index in [1.54, 1.807) is 0 Å². The van der Waals surface area contributed by atoms with E-state index in [1.807, 2.05) is 26.0 Å². The first-order chi connectivity index (χ1) is 11.6. The van der Waals surface area contributed by atoms with Gasteiger partial charge in [0, 0.05) is 32.7 Å². The van der Waals surface area contributed by atoms with Crippen molar-refractivity contribution in [2.24, 2.45) is 10.9 Å². The summed E-state index contributed by atoms with van der Waals surface area (Å²) in [5.74, 6) is 2.44. The summed E-state index contributed by atoms with van der Waals surface area (Å²) in [6, 6.07) is 8.17. The van der Waals surface area contributed by atoms with Gasteiger partial charge in [0.25, 0.3) is 0 Å². The van der Waals surface area contributed by atoms with Gasteiger partial charge < -0.3 is 19.7 Å². The Kier molecular flexibility index (Phi) is 7.37. The normalized spacial score (nSPS) is 18.0. The minimum absolute atomic E-state index is 0.181. The van der Waals surface area contributed by atoms with Crippen LogP contribution in [0.4, 0.5) is 0 Å². The number of ether oxygens (including phenoxy) is 2. The average molecular weight is 333 g/mol. The zero-order valence-corrected chi connectivity index (χ0v) is 15.4. The minimum Gasteiger partial charge on any atom is -0.491 e. The van der Waals surface area contributed by atoms with Gasteiger partial charge in [-0.1, -0.05) is 12.1 Å². The molecule has 0 saturated carbocycles. The van der Waals surface area contributed by atoms with Crippen molar-refractivity contribution in [2.75, 3.05) is 33.4 Å². The molecule has 0 radical (unpaired) electrons. The van der Waals surface area contributed by atoms with E-state index in [1.165, 1.54) is 0 Å². The number of rotatable bonds is 7. The van der Waals surface area contributed by atoms with Gasteiger partial charge in [-0.05, 0) is 44.9 Å². The van der Waals surface area contributed by atoms with E-state index in [0.29, 0.717) is 12.5 Å². The Balaban J connectivity index is 1.98. The molecular formula is C19H31N3O2. The third kappa shape index (κ3) is 6.04. The molecule has 1 unspecified atom stereocenters.